The Balaban J connectivity index is 3.17. The summed E-state index contributed by atoms with van der Waals surface area (Å²) < 4.78 is 13.1. The minimum atomic E-state index is -0.799. The maximum Gasteiger partial charge on any atom is 0.306 e. The van der Waals surface area contributed by atoms with E-state index in [1.165, 1.54) is 12.1 Å². The second-order valence-electron chi connectivity index (χ2n) is 3.67. The van der Waals surface area contributed by atoms with E-state index < -0.39 is 16.4 Å². The molecule has 82 valence electrons. The van der Waals surface area contributed by atoms with Crippen LogP contribution in [-0.2, 0) is 0 Å². The molecule has 0 saturated carbocycles. The molecule has 0 saturated heterocycles. The molecule has 0 aliphatic heterocycles. The van der Waals surface area contributed by atoms with E-state index in [1.54, 1.807) is 6.92 Å². The number of nitro groups is 1. The molecule has 0 aliphatic carbocycles. The molecule has 1 aromatic carbocycles. The topological polar surface area (TPSA) is 55.2 Å². The minimum Gasteiger partial charge on any atom is -0.382 e. The Morgan fingerprint density at radius 1 is 1.47 bits per heavy atom. The molecule has 1 rings (SSSR count). The molecule has 0 bridgehead atoms. The molecule has 0 unspecified atom stereocenters. The molecular formula is C10H13FN2O2. The molecule has 0 atom stereocenters. The normalized spacial score (nSPS) is 10.5. The summed E-state index contributed by atoms with van der Waals surface area (Å²) in [5.74, 6) is -0.799. The summed E-state index contributed by atoms with van der Waals surface area (Å²) in [7, 11) is 0. The highest BCUT2D eigenvalue weighted by molar-refractivity contribution is 5.57. The lowest BCUT2D eigenvalue weighted by atomic mass is 10.1. The van der Waals surface area contributed by atoms with Gasteiger partial charge in [0.25, 0.3) is 0 Å². The second kappa shape index (κ2) is 4.25. The van der Waals surface area contributed by atoms with E-state index in [0.717, 1.165) is 0 Å². The van der Waals surface area contributed by atoms with Crippen LogP contribution in [0.1, 0.15) is 19.4 Å². The summed E-state index contributed by atoms with van der Waals surface area (Å²) in [5, 5.41) is 13.5. The van der Waals surface area contributed by atoms with E-state index in [2.05, 4.69) is 5.32 Å². The zero-order valence-electron chi connectivity index (χ0n) is 8.87. The third kappa shape index (κ3) is 2.65. The summed E-state index contributed by atoms with van der Waals surface area (Å²) in [5.41, 5.74) is 0.758. The van der Waals surface area contributed by atoms with Crippen LogP contribution in [0, 0.1) is 22.9 Å². The van der Waals surface area contributed by atoms with Crippen molar-refractivity contribution in [1.29, 1.82) is 0 Å². The van der Waals surface area contributed by atoms with Crippen molar-refractivity contribution in [2.75, 3.05) is 5.32 Å². The number of nitrogens with zero attached hydrogens (tertiary/aromatic N) is 1. The molecule has 15 heavy (non-hydrogen) atoms. The summed E-state index contributed by atoms with van der Waals surface area (Å²) in [4.78, 5) is 9.79. The molecule has 4 nitrogen and oxygen atoms in total. The van der Waals surface area contributed by atoms with Crippen LogP contribution in [0.5, 0.6) is 0 Å². The Hall–Kier alpha value is -1.65. The van der Waals surface area contributed by atoms with E-state index in [1.807, 2.05) is 13.8 Å². The quantitative estimate of drug-likeness (QED) is 0.619. The standard InChI is InChI=1S/C10H13FN2O2/c1-6(2)12-9-5-10(13(14)15)8(11)4-7(9)3/h4-6,12H,1-3H3. The van der Waals surface area contributed by atoms with Gasteiger partial charge in [-0.05, 0) is 32.4 Å². The summed E-state index contributed by atoms with van der Waals surface area (Å²) in [6, 6.07) is 2.54. The summed E-state index contributed by atoms with van der Waals surface area (Å²) >= 11 is 0. The minimum absolute atomic E-state index is 0.147. The first kappa shape index (κ1) is 11.4. The third-order valence-corrected chi connectivity index (χ3v) is 1.93. The van der Waals surface area contributed by atoms with Crippen molar-refractivity contribution < 1.29 is 9.31 Å². The van der Waals surface area contributed by atoms with Gasteiger partial charge in [0.15, 0.2) is 0 Å². The van der Waals surface area contributed by atoms with Crippen molar-refractivity contribution in [3.05, 3.63) is 33.6 Å². The van der Waals surface area contributed by atoms with Crippen molar-refractivity contribution in [3.63, 3.8) is 0 Å². The van der Waals surface area contributed by atoms with Gasteiger partial charge in [-0.3, -0.25) is 10.1 Å². The van der Waals surface area contributed by atoms with Gasteiger partial charge in [0.2, 0.25) is 5.82 Å². The van der Waals surface area contributed by atoms with Crippen LogP contribution in [0.3, 0.4) is 0 Å². The molecule has 5 heteroatoms. The van der Waals surface area contributed by atoms with Crippen LogP contribution in [0.25, 0.3) is 0 Å². The fourth-order valence-corrected chi connectivity index (χ4v) is 1.27. The number of halogens is 1. The van der Waals surface area contributed by atoms with Crippen molar-refractivity contribution in [1.82, 2.24) is 0 Å². The highest BCUT2D eigenvalue weighted by atomic mass is 19.1. The van der Waals surface area contributed by atoms with Crippen LogP contribution < -0.4 is 5.32 Å². The first-order valence-corrected chi connectivity index (χ1v) is 4.63. The Morgan fingerprint density at radius 3 is 2.53 bits per heavy atom. The molecule has 0 radical (unpaired) electrons. The summed E-state index contributed by atoms with van der Waals surface area (Å²) in [6.07, 6.45) is 0. The number of nitro benzene ring substituents is 1. The van der Waals surface area contributed by atoms with Crippen LogP contribution in [0.15, 0.2) is 12.1 Å². The predicted molar refractivity (Wildman–Crippen MR) is 56.6 cm³/mol. The maximum atomic E-state index is 13.1. The molecule has 0 fully saturated rings. The maximum absolute atomic E-state index is 13.1. The van der Waals surface area contributed by atoms with Crippen molar-refractivity contribution in [2.45, 2.75) is 26.8 Å². The Kier molecular flexibility index (Phi) is 3.24. The number of nitrogens with one attached hydrogen (secondary N) is 1. The number of hydrogen-bond acceptors (Lipinski definition) is 3. The average molecular weight is 212 g/mol. The van der Waals surface area contributed by atoms with Crippen LogP contribution in [-0.4, -0.2) is 11.0 Å². The monoisotopic (exact) mass is 212 g/mol. The highest BCUT2D eigenvalue weighted by Gasteiger charge is 2.16. The van der Waals surface area contributed by atoms with Crippen LogP contribution >= 0.6 is 0 Å². The molecule has 0 aromatic heterocycles. The second-order valence-corrected chi connectivity index (χ2v) is 3.67. The molecular weight excluding hydrogens is 199 g/mol. The highest BCUT2D eigenvalue weighted by Crippen LogP contribution is 2.25. The van der Waals surface area contributed by atoms with E-state index >= 15 is 0 Å². The third-order valence-electron chi connectivity index (χ3n) is 1.93. The zero-order chi connectivity index (χ0) is 11.6. The largest absolute Gasteiger partial charge is 0.382 e. The fourth-order valence-electron chi connectivity index (χ4n) is 1.27. The SMILES string of the molecule is Cc1cc(F)c([N+](=O)[O-])cc1NC(C)C. The summed E-state index contributed by atoms with van der Waals surface area (Å²) in [6.45, 7) is 5.53. The van der Waals surface area contributed by atoms with Crippen LogP contribution in [0.2, 0.25) is 0 Å². The molecule has 0 spiro atoms. The van der Waals surface area contributed by atoms with E-state index in [9.17, 15) is 14.5 Å². The van der Waals surface area contributed by atoms with Gasteiger partial charge in [-0.1, -0.05) is 0 Å². The molecule has 0 amide bonds. The molecule has 1 N–H and O–H groups in total. The number of hydrogen-bond donors (Lipinski definition) is 1. The zero-order valence-corrected chi connectivity index (χ0v) is 8.87. The van der Waals surface area contributed by atoms with Gasteiger partial charge in [-0.2, -0.15) is 4.39 Å². The van der Waals surface area contributed by atoms with Crippen molar-refractivity contribution in [2.24, 2.45) is 0 Å². The Bertz CT molecular complexity index is 391. The van der Waals surface area contributed by atoms with Gasteiger partial charge in [0.1, 0.15) is 0 Å². The number of benzene rings is 1. The molecule has 0 aliphatic rings. The van der Waals surface area contributed by atoms with E-state index in [-0.39, 0.29) is 6.04 Å². The van der Waals surface area contributed by atoms with E-state index in [0.29, 0.717) is 11.3 Å². The van der Waals surface area contributed by atoms with Gasteiger partial charge in [-0.25, -0.2) is 0 Å². The van der Waals surface area contributed by atoms with Gasteiger partial charge >= 0.3 is 5.69 Å². The van der Waals surface area contributed by atoms with Crippen molar-refractivity contribution in [3.8, 4) is 0 Å². The number of rotatable bonds is 3. The van der Waals surface area contributed by atoms with Gasteiger partial charge in [0, 0.05) is 17.8 Å². The fraction of sp³-hybridized carbons (Fsp3) is 0.400. The number of aryl methyl sites for hydroxylation is 1. The predicted octanol–water partition coefficient (Wildman–Crippen LogP) is 2.86. The smallest absolute Gasteiger partial charge is 0.306 e. The van der Waals surface area contributed by atoms with E-state index in [4.69, 9.17) is 0 Å². The van der Waals surface area contributed by atoms with Crippen LogP contribution in [0.4, 0.5) is 15.8 Å². The lowest BCUT2D eigenvalue weighted by molar-refractivity contribution is -0.387. The molecule has 1 aromatic rings. The first-order chi connectivity index (χ1) is 6.91. The first-order valence-electron chi connectivity index (χ1n) is 4.63. The van der Waals surface area contributed by atoms with Crippen molar-refractivity contribution >= 4 is 11.4 Å². The van der Waals surface area contributed by atoms with Gasteiger partial charge in [-0.15, -0.1) is 0 Å². The van der Waals surface area contributed by atoms with Gasteiger partial charge in [0.05, 0.1) is 4.92 Å². The lowest BCUT2D eigenvalue weighted by Gasteiger charge is -2.12. The average Bonchev–Trinajstić information content (AvgIpc) is 2.08. The number of anilines is 1. The Morgan fingerprint density at radius 2 is 2.07 bits per heavy atom. The van der Waals surface area contributed by atoms with Gasteiger partial charge < -0.3 is 5.32 Å². The molecule has 0 heterocycles. The Labute approximate surface area is 87.3 Å². The lowest BCUT2D eigenvalue weighted by Crippen LogP contribution is -2.11.